The van der Waals surface area contributed by atoms with Crippen LogP contribution in [-0.2, 0) is 4.79 Å². The number of hydrogen-bond acceptors (Lipinski definition) is 5. The second-order valence-electron chi connectivity index (χ2n) is 5.40. The van der Waals surface area contributed by atoms with E-state index in [4.69, 9.17) is 0 Å². The van der Waals surface area contributed by atoms with Crippen molar-refractivity contribution in [2.45, 2.75) is 6.18 Å². The molecule has 1 saturated heterocycles. The first-order valence-electron chi connectivity index (χ1n) is 7.30. The van der Waals surface area contributed by atoms with Crippen molar-refractivity contribution in [2.24, 2.45) is 0 Å². The van der Waals surface area contributed by atoms with Crippen LogP contribution in [0.1, 0.15) is 0 Å². The van der Waals surface area contributed by atoms with E-state index >= 15 is 0 Å². The summed E-state index contributed by atoms with van der Waals surface area (Å²) in [6.45, 7) is 0.314. The smallest absolute Gasteiger partial charge is 0.363 e. The Morgan fingerprint density at radius 2 is 1.83 bits per heavy atom. The number of halogens is 3. The molecule has 0 aliphatic carbocycles. The summed E-state index contributed by atoms with van der Waals surface area (Å²) in [6.07, 6.45) is -4.43. The van der Waals surface area contributed by atoms with Crippen LogP contribution in [-0.4, -0.2) is 61.2 Å². The number of carbonyl (C=O) groups is 1. The first kappa shape index (κ1) is 18.0. The van der Waals surface area contributed by atoms with Crippen molar-refractivity contribution in [2.75, 3.05) is 44.2 Å². The molecule has 132 valence electrons. The molecule has 1 aromatic rings. The third kappa shape index (κ3) is 5.08. The Hall–Kier alpha value is -2.36. The van der Waals surface area contributed by atoms with Crippen molar-refractivity contribution in [3.05, 3.63) is 34.4 Å². The summed E-state index contributed by atoms with van der Waals surface area (Å²) in [7, 11) is 0. The minimum absolute atomic E-state index is 0.00821. The van der Waals surface area contributed by atoms with Crippen molar-refractivity contribution >= 4 is 17.3 Å². The van der Waals surface area contributed by atoms with Gasteiger partial charge in [0.2, 0.25) is 5.91 Å². The molecule has 0 saturated carbocycles. The molecular weight excluding hydrogens is 329 g/mol. The Bertz CT molecular complexity index is 601. The first-order valence-corrected chi connectivity index (χ1v) is 7.30. The number of alkyl halides is 3. The quantitative estimate of drug-likeness (QED) is 0.644. The van der Waals surface area contributed by atoms with E-state index in [0.29, 0.717) is 31.9 Å². The fourth-order valence-electron chi connectivity index (χ4n) is 2.49. The Morgan fingerprint density at radius 1 is 1.21 bits per heavy atom. The molecule has 1 amide bonds. The molecule has 1 aromatic carbocycles. The highest BCUT2D eigenvalue weighted by Crippen LogP contribution is 2.28. The van der Waals surface area contributed by atoms with Gasteiger partial charge in [-0.05, 0) is 6.07 Å². The van der Waals surface area contributed by atoms with Gasteiger partial charge < -0.3 is 10.2 Å². The second-order valence-corrected chi connectivity index (χ2v) is 5.40. The lowest BCUT2D eigenvalue weighted by molar-refractivity contribution is -0.384. The Balaban J connectivity index is 1.86. The number of hydrogen-bond donors (Lipinski definition) is 1. The lowest BCUT2D eigenvalue weighted by Gasteiger charge is -2.35. The third-order valence-electron chi connectivity index (χ3n) is 3.64. The summed E-state index contributed by atoms with van der Waals surface area (Å²) in [5, 5.41) is 12.9. The van der Waals surface area contributed by atoms with Gasteiger partial charge in [-0.1, -0.05) is 12.1 Å². The van der Waals surface area contributed by atoms with E-state index in [1.165, 1.54) is 6.07 Å². The van der Waals surface area contributed by atoms with E-state index in [1.54, 1.807) is 23.1 Å². The summed E-state index contributed by atoms with van der Waals surface area (Å²) < 4.78 is 36.1. The maximum Gasteiger partial charge on any atom is 0.405 e. The van der Waals surface area contributed by atoms with Crippen molar-refractivity contribution in [3.63, 3.8) is 0 Å². The summed E-state index contributed by atoms with van der Waals surface area (Å²) in [6, 6.07) is 6.37. The van der Waals surface area contributed by atoms with Gasteiger partial charge in [0, 0.05) is 32.2 Å². The minimum Gasteiger partial charge on any atom is -0.363 e. The summed E-state index contributed by atoms with van der Waals surface area (Å²) >= 11 is 0. The van der Waals surface area contributed by atoms with E-state index in [-0.39, 0.29) is 12.2 Å². The molecule has 2 rings (SSSR count). The Labute approximate surface area is 136 Å². The molecule has 1 heterocycles. The summed E-state index contributed by atoms with van der Waals surface area (Å²) in [4.78, 5) is 25.7. The number of anilines is 1. The van der Waals surface area contributed by atoms with Crippen LogP contribution in [0.5, 0.6) is 0 Å². The SMILES string of the molecule is O=C(CN1CCN(c2ccccc2[N+](=O)[O-])CC1)NCC(F)(F)F. The highest BCUT2D eigenvalue weighted by molar-refractivity contribution is 5.78. The number of para-hydroxylation sites is 2. The molecule has 1 aliphatic heterocycles. The number of nitro benzene ring substituents is 1. The molecule has 0 aromatic heterocycles. The second kappa shape index (κ2) is 7.47. The maximum absolute atomic E-state index is 12.0. The number of amides is 1. The molecule has 0 spiro atoms. The van der Waals surface area contributed by atoms with Crippen LogP contribution in [0, 0.1) is 10.1 Å². The van der Waals surface area contributed by atoms with Crippen molar-refractivity contribution in [3.8, 4) is 0 Å². The van der Waals surface area contributed by atoms with E-state index < -0.39 is 23.6 Å². The van der Waals surface area contributed by atoms with Crippen LogP contribution >= 0.6 is 0 Å². The van der Waals surface area contributed by atoms with Crippen molar-refractivity contribution in [1.82, 2.24) is 10.2 Å². The fraction of sp³-hybridized carbons (Fsp3) is 0.500. The van der Waals surface area contributed by atoms with Gasteiger partial charge in [-0.25, -0.2) is 0 Å². The van der Waals surface area contributed by atoms with Gasteiger partial charge in [-0.3, -0.25) is 19.8 Å². The predicted molar refractivity (Wildman–Crippen MR) is 80.8 cm³/mol. The number of benzene rings is 1. The van der Waals surface area contributed by atoms with E-state index in [2.05, 4.69) is 0 Å². The molecule has 1 aliphatic rings. The Kier molecular flexibility index (Phi) is 5.60. The fourth-order valence-corrected chi connectivity index (χ4v) is 2.49. The molecule has 7 nitrogen and oxygen atoms in total. The molecule has 10 heteroatoms. The largest absolute Gasteiger partial charge is 0.405 e. The summed E-state index contributed by atoms with van der Waals surface area (Å²) in [5.74, 6) is -0.688. The highest BCUT2D eigenvalue weighted by atomic mass is 19.4. The van der Waals surface area contributed by atoms with Crippen LogP contribution in [0.2, 0.25) is 0 Å². The highest BCUT2D eigenvalue weighted by Gasteiger charge is 2.28. The number of nitro groups is 1. The van der Waals surface area contributed by atoms with Gasteiger partial charge in [0.25, 0.3) is 5.69 Å². The number of piperazine rings is 1. The Morgan fingerprint density at radius 3 is 2.42 bits per heavy atom. The minimum atomic E-state index is -4.43. The number of carbonyl (C=O) groups excluding carboxylic acids is 1. The number of rotatable bonds is 5. The van der Waals surface area contributed by atoms with E-state index in [9.17, 15) is 28.1 Å². The lowest BCUT2D eigenvalue weighted by Crippen LogP contribution is -2.50. The van der Waals surface area contributed by atoms with Crippen LogP contribution < -0.4 is 10.2 Å². The molecule has 0 unspecified atom stereocenters. The zero-order chi connectivity index (χ0) is 17.7. The molecule has 1 fully saturated rings. The van der Waals surface area contributed by atoms with Gasteiger partial charge >= 0.3 is 6.18 Å². The average Bonchev–Trinajstić information content (AvgIpc) is 2.53. The molecule has 0 bridgehead atoms. The monoisotopic (exact) mass is 346 g/mol. The molecule has 0 radical (unpaired) electrons. The average molecular weight is 346 g/mol. The first-order chi connectivity index (χ1) is 11.3. The van der Waals surface area contributed by atoms with Gasteiger partial charge in [-0.2, -0.15) is 13.2 Å². The standard InChI is InChI=1S/C14H17F3N4O3/c15-14(16,17)10-18-13(22)9-19-5-7-20(8-6-19)11-3-1-2-4-12(11)21(23)24/h1-4H,5-10H2,(H,18,22). The maximum atomic E-state index is 12.0. The van der Waals surface area contributed by atoms with Gasteiger partial charge in [0.15, 0.2) is 0 Å². The molecule has 0 atom stereocenters. The summed E-state index contributed by atoms with van der Waals surface area (Å²) in [5.41, 5.74) is 0.512. The normalized spacial score (nSPS) is 16.0. The van der Waals surface area contributed by atoms with Crippen molar-refractivity contribution in [1.29, 1.82) is 0 Å². The zero-order valence-electron chi connectivity index (χ0n) is 12.8. The zero-order valence-corrected chi connectivity index (χ0v) is 12.8. The molecular formula is C14H17F3N4O3. The van der Waals surface area contributed by atoms with E-state index in [0.717, 1.165) is 0 Å². The van der Waals surface area contributed by atoms with E-state index in [1.807, 2.05) is 10.2 Å². The van der Waals surface area contributed by atoms with Crippen LogP contribution in [0.4, 0.5) is 24.5 Å². The topological polar surface area (TPSA) is 78.7 Å². The molecule has 24 heavy (non-hydrogen) atoms. The van der Waals surface area contributed by atoms with Gasteiger partial charge in [0.05, 0.1) is 11.5 Å². The van der Waals surface area contributed by atoms with Gasteiger partial charge in [-0.15, -0.1) is 0 Å². The predicted octanol–water partition coefficient (Wildman–Crippen LogP) is 1.40. The van der Waals surface area contributed by atoms with Crippen LogP contribution in [0.25, 0.3) is 0 Å². The van der Waals surface area contributed by atoms with Crippen LogP contribution in [0.3, 0.4) is 0 Å². The molecule has 1 N–H and O–H groups in total. The number of nitrogens with one attached hydrogen (secondary N) is 1. The third-order valence-corrected chi connectivity index (χ3v) is 3.64. The number of nitrogens with zero attached hydrogens (tertiary/aromatic N) is 3. The van der Waals surface area contributed by atoms with Crippen LogP contribution in [0.15, 0.2) is 24.3 Å². The van der Waals surface area contributed by atoms with Gasteiger partial charge in [0.1, 0.15) is 12.2 Å². The lowest BCUT2D eigenvalue weighted by atomic mass is 10.2. The van der Waals surface area contributed by atoms with Crippen molar-refractivity contribution < 1.29 is 22.9 Å².